The largest absolute Gasteiger partial charge is 0.300 e. The van der Waals surface area contributed by atoms with Crippen LogP contribution in [0.5, 0.6) is 0 Å². The molecule has 0 spiro atoms. The smallest absolute Gasteiger partial charge is 0.0159 e. The Morgan fingerprint density at radius 2 is 1.53 bits per heavy atom. The lowest BCUT2D eigenvalue weighted by Gasteiger charge is -2.27. The van der Waals surface area contributed by atoms with Crippen LogP contribution < -0.4 is 0 Å². The van der Waals surface area contributed by atoms with Crippen LogP contribution in [0.15, 0.2) is 18.2 Å². The summed E-state index contributed by atoms with van der Waals surface area (Å²) in [6.07, 6.45) is 1.24. The second-order valence-electron chi connectivity index (χ2n) is 6.78. The van der Waals surface area contributed by atoms with Crippen LogP contribution in [0.25, 0.3) is 0 Å². The lowest BCUT2D eigenvalue weighted by atomic mass is 9.77. The number of aryl methyl sites for hydroxylation is 2. The quantitative estimate of drug-likeness (QED) is 0.712. The van der Waals surface area contributed by atoms with Gasteiger partial charge in [0.25, 0.3) is 0 Å². The zero-order valence-electron chi connectivity index (χ0n) is 12.1. The van der Waals surface area contributed by atoms with E-state index < -0.39 is 0 Å². The Morgan fingerprint density at radius 1 is 1.00 bits per heavy atom. The van der Waals surface area contributed by atoms with Crippen molar-refractivity contribution in [2.75, 3.05) is 13.6 Å². The van der Waals surface area contributed by atoms with Crippen molar-refractivity contribution in [3.8, 4) is 0 Å². The van der Waals surface area contributed by atoms with Crippen molar-refractivity contribution in [1.29, 1.82) is 0 Å². The van der Waals surface area contributed by atoms with E-state index in [2.05, 4.69) is 64.8 Å². The highest BCUT2D eigenvalue weighted by molar-refractivity contribution is 5.35. The average molecular weight is 231 g/mol. The van der Waals surface area contributed by atoms with Gasteiger partial charge in [0.2, 0.25) is 0 Å². The molecule has 1 nitrogen and oxygen atoms in total. The minimum Gasteiger partial charge on any atom is -0.300 e. The van der Waals surface area contributed by atoms with Gasteiger partial charge in [-0.3, -0.25) is 0 Å². The Balaban J connectivity index is 2.40. The first kappa shape index (κ1) is 12.6. The molecule has 2 rings (SSSR count). The van der Waals surface area contributed by atoms with Gasteiger partial charge in [-0.25, -0.2) is 0 Å². The van der Waals surface area contributed by atoms with Gasteiger partial charge in [0.15, 0.2) is 0 Å². The van der Waals surface area contributed by atoms with Crippen molar-refractivity contribution in [3.05, 3.63) is 34.9 Å². The first-order valence-electron chi connectivity index (χ1n) is 6.53. The van der Waals surface area contributed by atoms with Crippen LogP contribution in [-0.4, -0.2) is 24.0 Å². The summed E-state index contributed by atoms with van der Waals surface area (Å²) in [5.41, 5.74) is 4.89. The lowest BCUT2D eigenvalue weighted by molar-refractivity contribution is 0.218. The molecule has 17 heavy (non-hydrogen) atoms. The van der Waals surface area contributed by atoms with Gasteiger partial charge in [-0.05, 0) is 46.7 Å². The van der Waals surface area contributed by atoms with Crippen LogP contribution in [0.3, 0.4) is 0 Å². The minimum absolute atomic E-state index is 0.301. The van der Waals surface area contributed by atoms with Gasteiger partial charge in [-0.15, -0.1) is 0 Å². The van der Waals surface area contributed by atoms with Crippen molar-refractivity contribution in [1.82, 2.24) is 4.90 Å². The van der Waals surface area contributed by atoms with Crippen molar-refractivity contribution < 1.29 is 0 Å². The molecule has 1 saturated heterocycles. The molecule has 1 heterocycles. The summed E-state index contributed by atoms with van der Waals surface area (Å²) < 4.78 is 0. The number of benzene rings is 1. The highest BCUT2D eigenvalue weighted by Gasteiger charge is 2.44. The molecule has 0 radical (unpaired) electrons. The van der Waals surface area contributed by atoms with E-state index in [-0.39, 0.29) is 0 Å². The summed E-state index contributed by atoms with van der Waals surface area (Å²) in [4.78, 5) is 2.49. The summed E-state index contributed by atoms with van der Waals surface area (Å²) >= 11 is 0. The topological polar surface area (TPSA) is 3.24 Å². The average Bonchev–Trinajstić information content (AvgIpc) is 2.35. The zero-order valence-corrected chi connectivity index (χ0v) is 12.1. The minimum atomic E-state index is 0.301. The van der Waals surface area contributed by atoms with Crippen LogP contribution in [0.2, 0.25) is 0 Å². The monoisotopic (exact) mass is 231 g/mol. The molecule has 0 unspecified atom stereocenters. The summed E-state index contributed by atoms with van der Waals surface area (Å²) in [5, 5.41) is 0. The fourth-order valence-electron chi connectivity index (χ4n) is 3.40. The van der Waals surface area contributed by atoms with Gasteiger partial charge in [0, 0.05) is 17.5 Å². The molecule has 0 aliphatic carbocycles. The van der Waals surface area contributed by atoms with Crippen molar-refractivity contribution in [2.24, 2.45) is 0 Å². The number of hydrogen-bond acceptors (Lipinski definition) is 1. The first-order chi connectivity index (χ1) is 7.73. The number of likely N-dealkylation sites (N-methyl/N-ethyl adjacent to an activating group) is 1. The Labute approximate surface area is 106 Å². The molecule has 0 aromatic heterocycles. The molecule has 0 N–H and O–H groups in total. The maximum Gasteiger partial charge on any atom is 0.0159 e. The molecule has 94 valence electrons. The molecule has 1 aromatic rings. The molecule has 1 atom stereocenters. The zero-order chi connectivity index (χ0) is 12.8. The van der Waals surface area contributed by atoms with Gasteiger partial charge in [-0.2, -0.15) is 0 Å². The summed E-state index contributed by atoms with van der Waals surface area (Å²) in [5.74, 6) is 0. The van der Waals surface area contributed by atoms with Crippen LogP contribution in [0.1, 0.15) is 43.9 Å². The highest BCUT2D eigenvalue weighted by Crippen LogP contribution is 2.42. The van der Waals surface area contributed by atoms with Crippen LogP contribution in [-0.2, 0) is 5.41 Å². The van der Waals surface area contributed by atoms with Crippen molar-refractivity contribution in [3.63, 3.8) is 0 Å². The third-order valence-corrected chi connectivity index (χ3v) is 4.36. The standard InChI is InChI=1S/C16H25N/c1-12-7-13(2)9-14(8-12)16(5)10-15(3,4)17(6)11-16/h7-9H,10-11H2,1-6H3/t16-/m0/s1. The maximum absolute atomic E-state index is 2.49. The maximum atomic E-state index is 2.49. The fourth-order valence-corrected chi connectivity index (χ4v) is 3.40. The van der Waals surface area contributed by atoms with Crippen LogP contribution in [0.4, 0.5) is 0 Å². The predicted molar refractivity (Wildman–Crippen MR) is 74.6 cm³/mol. The molecule has 1 heteroatoms. The van der Waals surface area contributed by atoms with Crippen LogP contribution in [0, 0.1) is 13.8 Å². The molecular formula is C16H25N. The van der Waals surface area contributed by atoms with E-state index >= 15 is 0 Å². The summed E-state index contributed by atoms with van der Waals surface area (Å²) in [6, 6.07) is 6.99. The normalized spacial score (nSPS) is 28.6. The first-order valence-corrected chi connectivity index (χ1v) is 6.53. The molecular weight excluding hydrogens is 206 g/mol. The summed E-state index contributed by atoms with van der Waals surface area (Å²) in [7, 11) is 2.24. The van der Waals surface area contributed by atoms with E-state index in [1.165, 1.54) is 23.1 Å². The van der Waals surface area contributed by atoms with Gasteiger partial charge in [-0.1, -0.05) is 36.2 Å². The van der Waals surface area contributed by atoms with E-state index in [1.807, 2.05) is 0 Å². The Hall–Kier alpha value is -0.820. The van der Waals surface area contributed by atoms with Gasteiger partial charge < -0.3 is 4.90 Å². The second kappa shape index (κ2) is 3.84. The third-order valence-electron chi connectivity index (χ3n) is 4.36. The number of rotatable bonds is 1. The Morgan fingerprint density at radius 3 is 1.94 bits per heavy atom. The second-order valence-corrected chi connectivity index (χ2v) is 6.78. The van der Waals surface area contributed by atoms with Gasteiger partial charge in [0.05, 0.1) is 0 Å². The van der Waals surface area contributed by atoms with E-state index in [4.69, 9.17) is 0 Å². The number of nitrogens with zero attached hydrogens (tertiary/aromatic N) is 1. The Kier molecular flexibility index (Phi) is 2.86. The van der Waals surface area contributed by atoms with Gasteiger partial charge in [0.1, 0.15) is 0 Å². The van der Waals surface area contributed by atoms with E-state index in [9.17, 15) is 0 Å². The van der Waals surface area contributed by atoms with Gasteiger partial charge >= 0.3 is 0 Å². The SMILES string of the molecule is Cc1cc(C)cc([C@]2(C)CN(C)C(C)(C)C2)c1. The predicted octanol–water partition coefficient (Wildman–Crippen LogP) is 3.68. The van der Waals surface area contributed by atoms with E-state index in [0.29, 0.717) is 11.0 Å². The number of likely N-dealkylation sites (tertiary alicyclic amines) is 1. The van der Waals surface area contributed by atoms with Crippen molar-refractivity contribution in [2.45, 2.75) is 52.0 Å². The molecule has 1 aliphatic heterocycles. The van der Waals surface area contributed by atoms with Crippen LogP contribution >= 0.6 is 0 Å². The lowest BCUT2D eigenvalue weighted by Crippen LogP contribution is -2.34. The Bertz CT molecular complexity index is 413. The number of hydrogen-bond donors (Lipinski definition) is 0. The molecule has 0 amide bonds. The molecule has 0 saturated carbocycles. The highest BCUT2D eigenvalue weighted by atomic mass is 15.2. The summed E-state index contributed by atoms with van der Waals surface area (Å²) in [6.45, 7) is 12.7. The molecule has 1 aromatic carbocycles. The molecule has 1 aliphatic rings. The van der Waals surface area contributed by atoms with E-state index in [1.54, 1.807) is 0 Å². The fraction of sp³-hybridized carbons (Fsp3) is 0.625. The van der Waals surface area contributed by atoms with Crippen molar-refractivity contribution >= 4 is 0 Å². The van der Waals surface area contributed by atoms with E-state index in [0.717, 1.165) is 6.54 Å². The third kappa shape index (κ3) is 2.26. The molecule has 1 fully saturated rings. The molecule has 0 bridgehead atoms.